The van der Waals surface area contributed by atoms with Gasteiger partial charge in [0.2, 0.25) is 0 Å². The molecular weight excluding hydrogens is 344 g/mol. The lowest BCUT2D eigenvalue weighted by Gasteiger charge is -2.07. The zero-order valence-corrected chi connectivity index (χ0v) is 13.3. The molecule has 0 N–H and O–H groups in total. The smallest absolute Gasteiger partial charge is 0.111 e. The second-order valence-corrected chi connectivity index (χ2v) is 6.59. The molecule has 3 rings (SSSR count). The molecule has 0 aliphatic carbocycles. The van der Waals surface area contributed by atoms with Gasteiger partial charge in [-0.25, -0.2) is 4.98 Å². The highest BCUT2D eigenvalue weighted by Gasteiger charge is 2.11. The van der Waals surface area contributed by atoms with Gasteiger partial charge in [0.1, 0.15) is 5.82 Å². The lowest BCUT2D eigenvalue weighted by atomic mass is 10.3. The Labute approximate surface area is 129 Å². The minimum Gasteiger partial charge on any atom is -0.323 e. The van der Waals surface area contributed by atoms with Crippen LogP contribution in [0.1, 0.15) is 10.7 Å². The molecule has 2 nitrogen and oxygen atoms in total. The number of hydrogen-bond acceptors (Lipinski definition) is 2. The molecule has 0 aliphatic heterocycles. The molecule has 3 aromatic rings. The van der Waals surface area contributed by atoms with Crippen LogP contribution in [-0.4, -0.2) is 15.4 Å². The van der Waals surface area contributed by atoms with Crippen LogP contribution in [0.2, 0.25) is 0 Å². The van der Waals surface area contributed by atoms with Gasteiger partial charge < -0.3 is 4.57 Å². The predicted molar refractivity (Wildman–Crippen MR) is 85.3 cm³/mol. The Morgan fingerprint density at radius 2 is 2.21 bits per heavy atom. The number of thiophene rings is 1. The molecule has 98 valence electrons. The van der Waals surface area contributed by atoms with Crippen LogP contribution in [-0.2, 0) is 13.0 Å². The summed E-state index contributed by atoms with van der Waals surface area (Å²) in [7, 11) is 0. The number of halogens is 2. The first-order valence-electron chi connectivity index (χ1n) is 6.01. The van der Waals surface area contributed by atoms with Gasteiger partial charge in [-0.15, -0.1) is 22.9 Å². The van der Waals surface area contributed by atoms with Crippen LogP contribution >= 0.6 is 38.9 Å². The lowest BCUT2D eigenvalue weighted by Crippen LogP contribution is -2.04. The quantitative estimate of drug-likeness (QED) is 0.621. The molecule has 0 unspecified atom stereocenters. The summed E-state index contributed by atoms with van der Waals surface area (Å²) < 4.78 is 3.33. The molecular formula is C14H12BrClN2S. The van der Waals surface area contributed by atoms with Gasteiger partial charge in [-0.1, -0.05) is 22.0 Å². The van der Waals surface area contributed by atoms with Crippen molar-refractivity contribution in [2.75, 3.05) is 5.88 Å². The van der Waals surface area contributed by atoms with Crippen molar-refractivity contribution in [3.8, 4) is 0 Å². The fourth-order valence-corrected chi connectivity index (χ4v) is 3.37. The average molecular weight is 356 g/mol. The van der Waals surface area contributed by atoms with E-state index in [4.69, 9.17) is 11.6 Å². The summed E-state index contributed by atoms with van der Waals surface area (Å²) in [5, 5.41) is 2.10. The molecule has 2 heterocycles. The molecule has 0 radical (unpaired) electrons. The van der Waals surface area contributed by atoms with E-state index in [2.05, 4.69) is 49.1 Å². The molecule has 2 aromatic heterocycles. The number of aromatic nitrogens is 2. The summed E-state index contributed by atoms with van der Waals surface area (Å²) in [6, 6.07) is 10.4. The molecule has 0 amide bonds. The van der Waals surface area contributed by atoms with Crippen molar-refractivity contribution in [1.29, 1.82) is 0 Å². The van der Waals surface area contributed by atoms with Crippen LogP contribution in [0.3, 0.4) is 0 Å². The van der Waals surface area contributed by atoms with Crippen molar-refractivity contribution in [3.63, 3.8) is 0 Å². The second-order valence-electron chi connectivity index (χ2n) is 4.27. The van der Waals surface area contributed by atoms with Gasteiger partial charge in [0.25, 0.3) is 0 Å². The standard InChI is InChI=1S/C14H12BrClN2S/c15-10-3-4-12-13(8-10)18(14(17-12)5-6-16)9-11-2-1-7-19-11/h1-4,7-8H,5-6,9H2. The maximum Gasteiger partial charge on any atom is 0.111 e. The molecule has 19 heavy (non-hydrogen) atoms. The third-order valence-corrected chi connectivity index (χ3v) is 4.54. The highest BCUT2D eigenvalue weighted by Crippen LogP contribution is 2.23. The average Bonchev–Trinajstić information content (AvgIpc) is 3.00. The zero-order valence-electron chi connectivity index (χ0n) is 10.1. The van der Waals surface area contributed by atoms with Gasteiger partial charge in [-0.05, 0) is 29.6 Å². The Bertz CT molecular complexity index is 691. The molecule has 0 spiro atoms. The van der Waals surface area contributed by atoms with Gasteiger partial charge in [0.15, 0.2) is 0 Å². The van der Waals surface area contributed by atoms with Crippen LogP contribution in [0, 0.1) is 0 Å². The van der Waals surface area contributed by atoms with E-state index in [0.29, 0.717) is 5.88 Å². The first-order valence-corrected chi connectivity index (χ1v) is 8.21. The Kier molecular flexibility index (Phi) is 3.91. The largest absolute Gasteiger partial charge is 0.323 e. The molecule has 1 aromatic carbocycles. The number of alkyl halides is 1. The second kappa shape index (κ2) is 5.65. The van der Waals surface area contributed by atoms with Crippen LogP contribution in [0.5, 0.6) is 0 Å². The summed E-state index contributed by atoms with van der Waals surface area (Å²) in [6.07, 6.45) is 0.791. The first-order chi connectivity index (χ1) is 9.28. The van der Waals surface area contributed by atoms with E-state index in [1.807, 2.05) is 12.1 Å². The van der Waals surface area contributed by atoms with Crippen LogP contribution in [0.25, 0.3) is 11.0 Å². The Hall–Kier alpha value is -0.840. The Morgan fingerprint density at radius 1 is 1.32 bits per heavy atom. The molecule has 0 aliphatic rings. The van der Waals surface area contributed by atoms with Crippen LogP contribution < -0.4 is 0 Å². The topological polar surface area (TPSA) is 17.8 Å². The van der Waals surface area contributed by atoms with Crippen molar-refractivity contribution in [2.45, 2.75) is 13.0 Å². The van der Waals surface area contributed by atoms with Gasteiger partial charge in [-0.3, -0.25) is 0 Å². The van der Waals surface area contributed by atoms with Gasteiger partial charge >= 0.3 is 0 Å². The molecule has 0 fully saturated rings. The minimum atomic E-state index is 0.592. The maximum absolute atomic E-state index is 5.89. The number of hydrogen-bond donors (Lipinski definition) is 0. The van der Waals surface area contributed by atoms with Crippen LogP contribution in [0.15, 0.2) is 40.2 Å². The molecule has 0 bridgehead atoms. The van der Waals surface area contributed by atoms with E-state index in [1.54, 1.807) is 11.3 Å². The van der Waals surface area contributed by atoms with Crippen molar-refractivity contribution in [2.24, 2.45) is 0 Å². The first kappa shape index (κ1) is 13.2. The van der Waals surface area contributed by atoms with Crippen molar-refractivity contribution in [1.82, 2.24) is 9.55 Å². The third kappa shape index (κ3) is 2.71. The van der Waals surface area contributed by atoms with Crippen LogP contribution in [0.4, 0.5) is 0 Å². The van der Waals surface area contributed by atoms with E-state index in [0.717, 1.165) is 34.3 Å². The van der Waals surface area contributed by atoms with E-state index in [-0.39, 0.29) is 0 Å². The van der Waals surface area contributed by atoms with E-state index < -0.39 is 0 Å². The predicted octanol–water partition coefficient (Wildman–Crippen LogP) is 4.69. The third-order valence-electron chi connectivity index (χ3n) is 3.00. The SMILES string of the molecule is ClCCc1nc2ccc(Br)cc2n1Cc1cccs1. The number of imidazole rings is 1. The summed E-state index contributed by atoms with van der Waals surface area (Å²) in [6.45, 7) is 0.858. The number of fused-ring (bicyclic) bond motifs is 1. The maximum atomic E-state index is 5.89. The summed E-state index contributed by atoms with van der Waals surface area (Å²) >= 11 is 11.2. The lowest BCUT2D eigenvalue weighted by molar-refractivity contribution is 0.763. The van der Waals surface area contributed by atoms with E-state index in [1.165, 1.54) is 4.88 Å². The van der Waals surface area contributed by atoms with Crippen molar-refractivity contribution < 1.29 is 0 Å². The Balaban J connectivity index is 2.12. The fourth-order valence-electron chi connectivity index (χ4n) is 2.16. The van der Waals surface area contributed by atoms with Crippen molar-refractivity contribution in [3.05, 3.63) is 50.9 Å². The number of nitrogens with zero attached hydrogens (tertiary/aromatic N) is 2. The molecule has 0 saturated carbocycles. The summed E-state index contributed by atoms with van der Waals surface area (Å²) in [4.78, 5) is 6.02. The normalized spacial score (nSPS) is 11.3. The minimum absolute atomic E-state index is 0.592. The van der Waals surface area contributed by atoms with Gasteiger partial charge in [0, 0.05) is 21.7 Å². The monoisotopic (exact) mass is 354 g/mol. The van der Waals surface area contributed by atoms with Gasteiger partial charge in [0.05, 0.1) is 17.6 Å². The highest BCUT2D eigenvalue weighted by atomic mass is 79.9. The molecule has 0 saturated heterocycles. The fraction of sp³-hybridized carbons (Fsp3) is 0.214. The zero-order chi connectivity index (χ0) is 13.2. The Morgan fingerprint density at radius 3 is 2.95 bits per heavy atom. The highest BCUT2D eigenvalue weighted by molar-refractivity contribution is 9.10. The number of aryl methyl sites for hydroxylation is 1. The molecule has 0 atom stereocenters. The van der Waals surface area contributed by atoms with E-state index >= 15 is 0 Å². The number of benzene rings is 1. The van der Waals surface area contributed by atoms with Crippen molar-refractivity contribution >= 4 is 49.9 Å². The summed E-state index contributed by atoms with van der Waals surface area (Å²) in [5.74, 6) is 1.64. The van der Waals surface area contributed by atoms with Gasteiger partial charge in [-0.2, -0.15) is 0 Å². The van der Waals surface area contributed by atoms with E-state index in [9.17, 15) is 0 Å². The molecule has 5 heteroatoms. The summed E-state index contributed by atoms with van der Waals surface area (Å²) in [5.41, 5.74) is 2.18. The number of rotatable bonds is 4.